The van der Waals surface area contributed by atoms with E-state index in [-0.39, 0.29) is 11.3 Å². The van der Waals surface area contributed by atoms with Crippen LogP contribution in [0.15, 0.2) is 30.6 Å². The Hall–Kier alpha value is -2.31. The van der Waals surface area contributed by atoms with Gasteiger partial charge in [0.25, 0.3) is 5.91 Å². The third-order valence-electron chi connectivity index (χ3n) is 7.18. The smallest absolute Gasteiger partial charge is 0.272 e. The van der Waals surface area contributed by atoms with Crippen LogP contribution in [0.4, 0.5) is 0 Å². The van der Waals surface area contributed by atoms with Crippen molar-refractivity contribution in [1.82, 2.24) is 19.8 Å². The molecule has 1 aromatic carbocycles. The maximum atomic E-state index is 13.3. The number of likely N-dealkylation sites (tertiary alicyclic amines) is 1. The maximum Gasteiger partial charge on any atom is 0.272 e. The average Bonchev–Trinajstić information content (AvgIpc) is 2.83. The molecule has 3 heterocycles. The number of aromatic nitrogens is 2. The summed E-state index contributed by atoms with van der Waals surface area (Å²) in [5, 5.41) is 0. The summed E-state index contributed by atoms with van der Waals surface area (Å²) in [5.41, 5.74) is 5.25. The van der Waals surface area contributed by atoms with Crippen molar-refractivity contribution in [2.75, 3.05) is 39.4 Å². The quantitative estimate of drug-likeness (QED) is 0.693. The van der Waals surface area contributed by atoms with Crippen molar-refractivity contribution in [2.24, 2.45) is 0 Å². The van der Waals surface area contributed by atoms with Gasteiger partial charge in [-0.2, -0.15) is 0 Å². The summed E-state index contributed by atoms with van der Waals surface area (Å²) in [6.45, 7) is 13.9. The van der Waals surface area contributed by atoms with E-state index in [2.05, 4.69) is 59.9 Å². The lowest BCUT2D eigenvalue weighted by atomic mass is 9.86. The zero-order valence-electron chi connectivity index (χ0n) is 20.6. The molecule has 0 N–H and O–H groups in total. The number of ether oxygens (including phenoxy) is 1. The highest BCUT2D eigenvalue weighted by atomic mass is 16.5. The minimum Gasteiger partial charge on any atom is -0.379 e. The molecule has 1 amide bonds. The molecule has 0 spiro atoms. The van der Waals surface area contributed by atoms with E-state index in [9.17, 15) is 4.79 Å². The lowest BCUT2D eigenvalue weighted by Gasteiger charge is -2.40. The Balaban J connectivity index is 1.36. The second-order valence-corrected chi connectivity index (χ2v) is 10.4. The fourth-order valence-electron chi connectivity index (χ4n) is 4.91. The normalized spacial score (nSPS) is 18.5. The molecule has 6 heteroatoms. The second kappa shape index (κ2) is 10.3. The zero-order valence-corrected chi connectivity index (χ0v) is 20.6. The number of nitrogens with zero attached hydrogens (tertiary/aromatic N) is 4. The van der Waals surface area contributed by atoms with Gasteiger partial charge >= 0.3 is 0 Å². The van der Waals surface area contributed by atoms with E-state index >= 15 is 0 Å². The summed E-state index contributed by atoms with van der Waals surface area (Å²) >= 11 is 0. The average molecular weight is 451 g/mol. The van der Waals surface area contributed by atoms with Gasteiger partial charge in [-0.25, -0.2) is 9.97 Å². The number of morpholine rings is 1. The summed E-state index contributed by atoms with van der Waals surface area (Å²) in [5.74, 6) is 0.0473. The van der Waals surface area contributed by atoms with Crippen LogP contribution < -0.4 is 0 Å². The second-order valence-electron chi connectivity index (χ2n) is 10.4. The first kappa shape index (κ1) is 23.8. The zero-order chi connectivity index (χ0) is 23.4. The molecule has 0 saturated carbocycles. The first-order valence-electron chi connectivity index (χ1n) is 12.3. The molecule has 2 saturated heterocycles. The van der Waals surface area contributed by atoms with Crippen LogP contribution in [-0.4, -0.2) is 71.1 Å². The van der Waals surface area contributed by atoms with Crippen molar-refractivity contribution < 1.29 is 9.53 Å². The molecule has 178 valence electrons. The predicted octanol–water partition coefficient (Wildman–Crippen LogP) is 3.80. The highest BCUT2D eigenvalue weighted by Gasteiger charge is 2.29. The number of hydrogen-bond donors (Lipinski definition) is 0. The Morgan fingerprint density at radius 1 is 1.00 bits per heavy atom. The van der Waals surface area contributed by atoms with Crippen molar-refractivity contribution in [3.05, 3.63) is 58.7 Å². The fourth-order valence-corrected chi connectivity index (χ4v) is 4.91. The van der Waals surface area contributed by atoms with Gasteiger partial charge in [0.2, 0.25) is 0 Å². The van der Waals surface area contributed by atoms with Gasteiger partial charge in [-0.3, -0.25) is 9.69 Å². The lowest BCUT2D eigenvalue weighted by Crippen LogP contribution is -2.50. The molecule has 2 aliphatic heterocycles. The van der Waals surface area contributed by atoms with Crippen molar-refractivity contribution in [3.8, 4) is 0 Å². The van der Waals surface area contributed by atoms with E-state index in [1.165, 1.54) is 11.1 Å². The van der Waals surface area contributed by atoms with Gasteiger partial charge in [-0.05, 0) is 49.1 Å². The molecule has 0 unspecified atom stereocenters. The van der Waals surface area contributed by atoms with Gasteiger partial charge in [0, 0.05) is 43.5 Å². The van der Waals surface area contributed by atoms with Gasteiger partial charge < -0.3 is 9.64 Å². The van der Waals surface area contributed by atoms with Gasteiger partial charge in [0.15, 0.2) is 0 Å². The summed E-state index contributed by atoms with van der Waals surface area (Å²) in [4.78, 5) is 26.7. The molecule has 33 heavy (non-hydrogen) atoms. The maximum absolute atomic E-state index is 13.3. The summed E-state index contributed by atoms with van der Waals surface area (Å²) in [7, 11) is 0. The summed E-state index contributed by atoms with van der Waals surface area (Å²) in [6.07, 6.45) is 5.31. The van der Waals surface area contributed by atoms with E-state index < -0.39 is 0 Å². The molecular formula is C27H38N4O2. The fraction of sp³-hybridized carbons (Fsp3) is 0.593. The van der Waals surface area contributed by atoms with Crippen molar-refractivity contribution in [1.29, 1.82) is 0 Å². The van der Waals surface area contributed by atoms with Crippen LogP contribution in [-0.2, 0) is 23.0 Å². The first-order chi connectivity index (χ1) is 15.8. The number of carbonyl (C=O) groups is 1. The number of aryl methyl sites for hydroxylation is 2. The molecule has 6 nitrogen and oxygen atoms in total. The Kier molecular flexibility index (Phi) is 7.45. The molecule has 2 fully saturated rings. The van der Waals surface area contributed by atoms with Crippen molar-refractivity contribution in [2.45, 2.75) is 64.8 Å². The van der Waals surface area contributed by atoms with Crippen LogP contribution >= 0.6 is 0 Å². The molecule has 1 aromatic heterocycles. The number of benzene rings is 1. The van der Waals surface area contributed by atoms with Crippen LogP contribution in [0.3, 0.4) is 0 Å². The van der Waals surface area contributed by atoms with Gasteiger partial charge in [0.1, 0.15) is 12.0 Å². The standard InChI is InChI=1S/C27H38N4O2/c1-20-24(10-7-21-5-8-22(9-6-21)27(2,3)4)28-19-29-25(20)26(32)31-13-11-23(12-14-31)30-15-17-33-18-16-30/h5-6,8-9,19,23H,7,10-18H2,1-4H3. The van der Waals surface area contributed by atoms with E-state index in [4.69, 9.17) is 4.74 Å². The summed E-state index contributed by atoms with van der Waals surface area (Å²) < 4.78 is 5.48. The molecule has 0 bridgehead atoms. The third-order valence-corrected chi connectivity index (χ3v) is 7.18. The van der Waals surface area contributed by atoms with Crippen molar-refractivity contribution >= 4 is 5.91 Å². The van der Waals surface area contributed by atoms with Crippen LogP contribution in [0.1, 0.15) is 66.5 Å². The Morgan fingerprint density at radius 3 is 2.30 bits per heavy atom. The predicted molar refractivity (Wildman–Crippen MR) is 131 cm³/mol. The lowest BCUT2D eigenvalue weighted by molar-refractivity contribution is 0.00151. The Morgan fingerprint density at radius 2 is 1.67 bits per heavy atom. The Labute approximate surface area is 198 Å². The number of rotatable bonds is 5. The van der Waals surface area contributed by atoms with Crippen molar-refractivity contribution in [3.63, 3.8) is 0 Å². The highest BCUT2D eigenvalue weighted by Crippen LogP contribution is 2.23. The topological polar surface area (TPSA) is 58.6 Å². The molecule has 0 atom stereocenters. The molecular weight excluding hydrogens is 412 g/mol. The number of amides is 1. The van der Waals surface area contributed by atoms with Gasteiger partial charge in [-0.15, -0.1) is 0 Å². The third kappa shape index (κ3) is 5.79. The molecule has 0 radical (unpaired) electrons. The highest BCUT2D eigenvalue weighted by molar-refractivity contribution is 5.93. The number of piperidine rings is 1. The number of hydrogen-bond acceptors (Lipinski definition) is 5. The molecule has 2 aliphatic rings. The number of carbonyl (C=O) groups excluding carboxylic acids is 1. The minimum atomic E-state index is 0.0473. The van der Waals surface area contributed by atoms with Crippen LogP contribution in [0.25, 0.3) is 0 Å². The van der Waals surface area contributed by atoms with Crippen LogP contribution in [0.5, 0.6) is 0 Å². The molecule has 0 aliphatic carbocycles. The SMILES string of the molecule is Cc1c(CCc2ccc(C(C)(C)C)cc2)ncnc1C(=O)N1CCC(N2CCOCC2)CC1. The molecule has 2 aromatic rings. The summed E-state index contributed by atoms with van der Waals surface area (Å²) in [6, 6.07) is 9.42. The molecule has 4 rings (SSSR count). The largest absolute Gasteiger partial charge is 0.379 e. The minimum absolute atomic E-state index is 0.0473. The van der Waals surface area contributed by atoms with Gasteiger partial charge in [0.05, 0.1) is 13.2 Å². The first-order valence-corrected chi connectivity index (χ1v) is 12.3. The van der Waals surface area contributed by atoms with E-state index in [1.54, 1.807) is 6.33 Å². The van der Waals surface area contributed by atoms with Gasteiger partial charge in [-0.1, -0.05) is 45.0 Å². The Bertz CT molecular complexity index is 938. The van der Waals surface area contributed by atoms with E-state index in [0.29, 0.717) is 11.7 Å². The van der Waals surface area contributed by atoms with Crippen LogP contribution in [0.2, 0.25) is 0 Å². The van der Waals surface area contributed by atoms with E-state index in [1.807, 2.05) is 11.8 Å². The van der Waals surface area contributed by atoms with Crippen LogP contribution in [0, 0.1) is 6.92 Å². The van der Waals surface area contributed by atoms with E-state index in [0.717, 1.165) is 76.3 Å². The monoisotopic (exact) mass is 450 g/mol.